The van der Waals surface area contributed by atoms with Gasteiger partial charge in [-0.25, -0.2) is 4.39 Å². The minimum Gasteiger partial charge on any atom is -0.480 e. The van der Waals surface area contributed by atoms with E-state index in [1.807, 2.05) is 6.07 Å². The van der Waals surface area contributed by atoms with E-state index in [4.69, 9.17) is 0 Å². The maximum atomic E-state index is 14.0. The number of carboxylic acid groups (broad SMARTS) is 1. The number of aromatic nitrogens is 3. The predicted molar refractivity (Wildman–Crippen MR) is 107 cm³/mol. The fourth-order valence-electron chi connectivity index (χ4n) is 3.65. The normalized spacial score (nSPS) is 11.1. The highest BCUT2D eigenvalue weighted by atomic mass is 19.1. The van der Waals surface area contributed by atoms with Crippen LogP contribution < -0.4 is 5.56 Å². The van der Waals surface area contributed by atoms with Crippen molar-refractivity contribution < 1.29 is 14.3 Å². The molecule has 7 heteroatoms. The molecule has 4 rings (SSSR count). The average Bonchev–Trinajstić information content (AvgIpc) is 2.95. The zero-order chi connectivity index (χ0) is 20.5. The SMILES string of the molecule is Cc1c(-c2ccc(=O)n(Cc3cccnc3)c2)c2cc(F)ccc2n1CC(=O)O. The summed E-state index contributed by atoms with van der Waals surface area (Å²) >= 11 is 0. The molecule has 0 fully saturated rings. The van der Waals surface area contributed by atoms with Crippen LogP contribution in [-0.4, -0.2) is 25.2 Å². The van der Waals surface area contributed by atoms with Crippen LogP contribution in [0.25, 0.3) is 22.0 Å². The van der Waals surface area contributed by atoms with Crippen LogP contribution >= 0.6 is 0 Å². The van der Waals surface area contributed by atoms with E-state index in [0.717, 1.165) is 5.56 Å². The second-order valence-electron chi connectivity index (χ2n) is 6.85. The second kappa shape index (κ2) is 7.35. The molecule has 0 unspecified atom stereocenters. The lowest BCUT2D eigenvalue weighted by Crippen LogP contribution is -2.19. The predicted octanol–water partition coefficient (Wildman–Crippen LogP) is 3.45. The molecule has 3 aromatic heterocycles. The number of hydrogen-bond donors (Lipinski definition) is 1. The van der Waals surface area contributed by atoms with E-state index in [9.17, 15) is 19.1 Å². The molecule has 0 atom stereocenters. The third-order valence-corrected chi connectivity index (χ3v) is 4.93. The largest absolute Gasteiger partial charge is 0.480 e. The summed E-state index contributed by atoms with van der Waals surface area (Å²) in [5.74, 6) is -1.39. The van der Waals surface area contributed by atoms with E-state index in [1.165, 1.54) is 18.2 Å². The molecule has 3 heterocycles. The van der Waals surface area contributed by atoms with Gasteiger partial charge < -0.3 is 14.2 Å². The number of aliphatic carboxylic acids is 1. The molecule has 0 bridgehead atoms. The summed E-state index contributed by atoms with van der Waals surface area (Å²) in [6.45, 7) is 1.91. The number of fused-ring (bicyclic) bond motifs is 1. The molecular formula is C22H18FN3O3. The van der Waals surface area contributed by atoms with Gasteiger partial charge in [-0.2, -0.15) is 0 Å². The summed E-state index contributed by atoms with van der Waals surface area (Å²) in [4.78, 5) is 27.8. The van der Waals surface area contributed by atoms with Gasteiger partial charge in [0.1, 0.15) is 12.4 Å². The zero-order valence-electron chi connectivity index (χ0n) is 15.7. The molecule has 0 aliphatic carbocycles. The van der Waals surface area contributed by atoms with E-state index in [1.54, 1.807) is 52.8 Å². The Hall–Kier alpha value is -3.74. The van der Waals surface area contributed by atoms with Crippen molar-refractivity contribution in [3.05, 3.63) is 88.5 Å². The average molecular weight is 391 g/mol. The van der Waals surface area contributed by atoms with Gasteiger partial charge in [0.05, 0.1) is 6.54 Å². The van der Waals surface area contributed by atoms with E-state index in [2.05, 4.69) is 4.98 Å². The Labute approximate surface area is 165 Å². The molecule has 146 valence electrons. The van der Waals surface area contributed by atoms with Crippen molar-refractivity contribution >= 4 is 16.9 Å². The molecule has 0 aliphatic rings. The van der Waals surface area contributed by atoms with Gasteiger partial charge in [-0.3, -0.25) is 14.6 Å². The monoisotopic (exact) mass is 391 g/mol. The zero-order valence-corrected chi connectivity index (χ0v) is 15.7. The summed E-state index contributed by atoms with van der Waals surface area (Å²) < 4.78 is 17.2. The lowest BCUT2D eigenvalue weighted by molar-refractivity contribution is -0.137. The van der Waals surface area contributed by atoms with Crippen molar-refractivity contribution in [2.24, 2.45) is 0 Å². The van der Waals surface area contributed by atoms with Gasteiger partial charge >= 0.3 is 5.97 Å². The maximum absolute atomic E-state index is 14.0. The lowest BCUT2D eigenvalue weighted by atomic mass is 10.0. The molecule has 0 amide bonds. The number of carboxylic acids is 1. The fourth-order valence-corrected chi connectivity index (χ4v) is 3.65. The standard InChI is InChI=1S/C22H18FN3O3/c1-14-22(18-9-17(23)5-6-19(18)26(14)13-21(28)29)16-4-7-20(27)25(12-16)11-15-3-2-8-24-10-15/h2-10,12H,11,13H2,1H3,(H,28,29). The van der Waals surface area contributed by atoms with Crippen molar-refractivity contribution in [2.75, 3.05) is 0 Å². The Balaban J connectivity index is 1.90. The number of halogens is 1. The minimum absolute atomic E-state index is 0.171. The fraction of sp³-hybridized carbons (Fsp3) is 0.136. The summed E-state index contributed by atoms with van der Waals surface area (Å²) in [5.41, 5.74) is 3.45. The number of pyridine rings is 2. The maximum Gasteiger partial charge on any atom is 0.323 e. The second-order valence-corrected chi connectivity index (χ2v) is 6.85. The molecule has 0 saturated carbocycles. The van der Waals surface area contributed by atoms with Gasteiger partial charge in [-0.05, 0) is 42.8 Å². The minimum atomic E-state index is -0.984. The molecule has 1 aromatic carbocycles. The first kappa shape index (κ1) is 18.6. The van der Waals surface area contributed by atoms with E-state index in [-0.39, 0.29) is 12.1 Å². The van der Waals surface area contributed by atoms with Crippen LogP contribution in [0.3, 0.4) is 0 Å². The van der Waals surface area contributed by atoms with Crippen LogP contribution in [0.15, 0.2) is 65.8 Å². The first-order valence-corrected chi connectivity index (χ1v) is 9.04. The number of carbonyl (C=O) groups is 1. The summed E-state index contributed by atoms with van der Waals surface area (Å²) in [5, 5.41) is 9.89. The molecule has 4 aromatic rings. The first-order valence-electron chi connectivity index (χ1n) is 9.04. The van der Waals surface area contributed by atoms with Crippen molar-refractivity contribution in [3.63, 3.8) is 0 Å². The molecule has 0 radical (unpaired) electrons. The quantitative estimate of drug-likeness (QED) is 0.565. The Morgan fingerprint density at radius 2 is 2.03 bits per heavy atom. The highest BCUT2D eigenvalue weighted by Crippen LogP contribution is 2.34. The van der Waals surface area contributed by atoms with Gasteiger partial charge in [0.2, 0.25) is 0 Å². The third kappa shape index (κ3) is 3.54. The molecule has 29 heavy (non-hydrogen) atoms. The Kier molecular flexibility index (Phi) is 4.72. The molecular weight excluding hydrogens is 373 g/mol. The number of benzene rings is 1. The van der Waals surface area contributed by atoms with Crippen LogP contribution in [0.1, 0.15) is 11.3 Å². The number of nitrogens with zero attached hydrogens (tertiary/aromatic N) is 3. The van der Waals surface area contributed by atoms with Crippen molar-refractivity contribution in [3.8, 4) is 11.1 Å². The van der Waals surface area contributed by atoms with Crippen molar-refractivity contribution in [1.29, 1.82) is 0 Å². The lowest BCUT2D eigenvalue weighted by Gasteiger charge is -2.10. The Morgan fingerprint density at radius 1 is 1.21 bits per heavy atom. The summed E-state index contributed by atoms with van der Waals surface area (Å²) in [6.07, 6.45) is 5.07. The van der Waals surface area contributed by atoms with Gasteiger partial charge in [-0.1, -0.05) is 6.07 Å². The van der Waals surface area contributed by atoms with Gasteiger partial charge in [0.15, 0.2) is 0 Å². The molecule has 1 N–H and O–H groups in total. The highest BCUT2D eigenvalue weighted by Gasteiger charge is 2.18. The highest BCUT2D eigenvalue weighted by molar-refractivity contribution is 5.98. The van der Waals surface area contributed by atoms with Gasteiger partial charge in [0, 0.05) is 52.4 Å². The first-order chi connectivity index (χ1) is 13.9. The molecule has 0 saturated heterocycles. The molecule has 0 spiro atoms. The van der Waals surface area contributed by atoms with Crippen LogP contribution in [-0.2, 0) is 17.9 Å². The van der Waals surface area contributed by atoms with E-state index in [0.29, 0.717) is 34.3 Å². The Morgan fingerprint density at radius 3 is 2.76 bits per heavy atom. The number of rotatable bonds is 5. The smallest absolute Gasteiger partial charge is 0.323 e. The van der Waals surface area contributed by atoms with Crippen molar-refractivity contribution in [2.45, 2.75) is 20.0 Å². The third-order valence-electron chi connectivity index (χ3n) is 4.93. The van der Waals surface area contributed by atoms with Crippen LogP contribution in [0.4, 0.5) is 4.39 Å². The van der Waals surface area contributed by atoms with Gasteiger partial charge in [-0.15, -0.1) is 0 Å². The van der Waals surface area contributed by atoms with E-state index >= 15 is 0 Å². The van der Waals surface area contributed by atoms with Gasteiger partial charge in [0.25, 0.3) is 5.56 Å². The van der Waals surface area contributed by atoms with E-state index < -0.39 is 11.8 Å². The topological polar surface area (TPSA) is 77.1 Å². The summed E-state index contributed by atoms with van der Waals surface area (Å²) in [6, 6.07) is 11.1. The number of hydrogen-bond acceptors (Lipinski definition) is 3. The molecule has 0 aliphatic heterocycles. The summed E-state index contributed by atoms with van der Waals surface area (Å²) in [7, 11) is 0. The van der Waals surface area contributed by atoms with Crippen LogP contribution in [0, 0.1) is 12.7 Å². The van der Waals surface area contributed by atoms with Crippen LogP contribution in [0.2, 0.25) is 0 Å². The van der Waals surface area contributed by atoms with Crippen LogP contribution in [0.5, 0.6) is 0 Å². The Bertz CT molecular complexity index is 1280. The molecule has 6 nitrogen and oxygen atoms in total. The van der Waals surface area contributed by atoms with Crippen molar-refractivity contribution in [1.82, 2.24) is 14.1 Å².